The first-order valence-electron chi connectivity index (χ1n) is 7.58. The van der Waals surface area contributed by atoms with Gasteiger partial charge in [-0.25, -0.2) is 0 Å². The minimum absolute atomic E-state index is 0.399. The van der Waals surface area contributed by atoms with Gasteiger partial charge in [0, 0.05) is 12.2 Å². The zero-order valence-electron chi connectivity index (χ0n) is 12.2. The summed E-state index contributed by atoms with van der Waals surface area (Å²) in [6.07, 6.45) is 12.0. The van der Waals surface area contributed by atoms with E-state index in [2.05, 4.69) is 16.4 Å². The molecule has 1 aliphatic rings. The molecule has 0 saturated heterocycles. The van der Waals surface area contributed by atoms with Gasteiger partial charge in [-0.2, -0.15) is 0 Å². The lowest BCUT2D eigenvalue weighted by Crippen LogP contribution is -2.21. The Balaban J connectivity index is 2.01. The van der Waals surface area contributed by atoms with Gasteiger partial charge in [0.25, 0.3) is 0 Å². The maximum atomic E-state index is 5.54. The number of rotatable bonds is 6. The molecule has 0 radical (unpaired) electrons. The molecule has 1 N–H and O–H groups in total. The predicted molar refractivity (Wildman–Crippen MR) is 78.4 cm³/mol. The highest BCUT2D eigenvalue weighted by Gasteiger charge is 2.19. The van der Waals surface area contributed by atoms with Crippen LogP contribution in [0.1, 0.15) is 57.1 Å². The van der Waals surface area contributed by atoms with Gasteiger partial charge in [0.2, 0.25) is 0 Å². The van der Waals surface area contributed by atoms with Gasteiger partial charge in [0.1, 0.15) is 5.75 Å². The summed E-state index contributed by atoms with van der Waals surface area (Å²) in [6, 6.07) is 2.52. The Labute approximate surface area is 116 Å². The monoisotopic (exact) mass is 262 g/mol. The second-order valence-electron chi connectivity index (χ2n) is 5.47. The summed E-state index contributed by atoms with van der Waals surface area (Å²) in [4.78, 5) is 4.30. The molecule has 0 aliphatic heterocycles. The van der Waals surface area contributed by atoms with Gasteiger partial charge in [-0.1, -0.05) is 32.1 Å². The Kier molecular flexibility index (Phi) is 5.64. The number of nitrogens with zero attached hydrogens (tertiary/aromatic N) is 1. The SMILES string of the molecule is CCOc1cncc(C(CC2CCCCC2)NC)c1. The Hall–Kier alpha value is -1.09. The van der Waals surface area contributed by atoms with Crippen molar-refractivity contribution in [1.29, 1.82) is 0 Å². The van der Waals surface area contributed by atoms with Crippen molar-refractivity contribution in [2.45, 2.75) is 51.5 Å². The summed E-state index contributed by atoms with van der Waals surface area (Å²) in [5, 5.41) is 3.44. The largest absolute Gasteiger partial charge is 0.492 e. The highest BCUT2D eigenvalue weighted by Crippen LogP contribution is 2.32. The zero-order valence-corrected chi connectivity index (χ0v) is 12.2. The maximum Gasteiger partial charge on any atom is 0.137 e. The van der Waals surface area contributed by atoms with Crippen LogP contribution in [0.4, 0.5) is 0 Å². The number of aromatic nitrogens is 1. The van der Waals surface area contributed by atoms with Crippen LogP contribution >= 0.6 is 0 Å². The number of nitrogens with one attached hydrogen (secondary N) is 1. The van der Waals surface area contributed by atoms with Crippen LogP contribution in [-0.2, 0) is 0 Å². The molecule has 0 amide bonds. The van der Waals surface area contributed by atoms with E-state index in [1.807, 2.05) is 20.2 Å². The van der Waals surface area contributed by atoms with Crippen LogP contribution < -0.4 is 10.1 Å². The molecule has 1 aromatic heterocycles. The van der Waals surface area contributed by atoms with Crippen LogP contribution in [0.5, 0.6) is 5.75 Å². The number of hydrogen-bond donors (Lipinski definition) is 1. The summed E-state index contributed by atoms with van der Waals surface area (Å²) >= 11 is 0. The number of ether oxygens (including phenoxy) is 1. The smallest absolute Gasteiger partial charge is 0.137 e. The Bertz CT molecular complexity index is 375. The lowest BCUT2D eigenvalue weighted by atomic mass is 9.83. The van der Waals surface area contributed by atoms with E-state index in [0.29, 0.717) is 12.6 Å². The summed E-state index contributed by atoms with van der Waals surface area (Å²) in [7, 11) is 2.04. The molecular weight excluding hydrogens is 236 g/mol. The second-order valence-corrected chi connectivity index (χ2v) is 5.47. The first-order chi connectivity index (χ1) is 9.33. The van der Waals surface area contributed by atoms with E-state index in [4.69, 9.17) is 4.74 Å². The van der Waals surface area contributed by atoms with Crippen molar-refractivity contribution in [3.8, 4) is 5.75 Å². The Morgan fingerprint density at radius 1 is 1.32 bits per heavy atom. The van der Waals surface area contributed by atoms with Crippen molar-refractivity contribution in [3.63, 3.8) is 0 Å². The van der Waals surface area contributed by atoms with E-state index in [0.717, 1.165) is 11.7 Å². The van der Waals surface area contributed by atoms with Crippen LogP contribution in [0.2, 0.25) is 0 Å². The van der Waals surface area contributed by atoms with Gasteiger partial charge in [0.15, 0.2) is 0 Å². The van der Waals surface area contributed by atoms with E-state index in [1.54, 1.807) is 6.20 Å². The second kappa shape index (κ2) is 7.49. The third kappa shape index (κ3) is 4.20. The van der Waals surface area contributed by atoms with E-state index in [-0.39, 0.29) is 0 Å². The minimum atomic E-state index is 0.399. The number of pyridine rings is 1. The van der Waals surface area contributed by atoms with Crippen molar-refractivity contribution in [3.05, 3.63) is 24.0 Å². The topological polar surface area (TPSA) is 34.1 Å². The zero-order chi connectivity index (χ0) is 13.5. The van der Waals surface area contributed by atoms with Gasteiger partial charge in [-0.15, -0.1) is 0 Å². The molecule has 0 aromatic carbocycles. The molecule has 1 aromatic rings. The van der Waals surface area contributed by atoms with Gasteiger partial charge >= 0.3 is 0 Å². The quantitative estimate of drug-likeness (QED) is 0.848. The summed E-state index contributed by atoms with van der Waals surface area (Å²) in [6.45, 7) is 2.70. The van der Waals surface area contributed by atoms with Crippen LogP contribution in [0, 0.1) is 5.92 Å². The van der Waals surface area contributed by atoms with Crippen molar-refractivity contribution < 1.29 is 4.74 Å². The summed E-state index contributed by atoms with van der Waals surface area (Å²) < 4.78 is 5.54. The van der Waals surface area contributed by atoms with Crippen LogP contribution in [0.15, 0.2) is 18.5 Å². The fourth-order valence-corrected chi connectivity index (χ4v) is 3.05. The molecular formula is C16H26N2O. The lowest BCUT2D eigenvalue weighted by molar-refractivity contribution is 0.304. The van der Waals surface area contributed by atoms with Crippen molar-refractivity contribution in [1.82, 2.24) is 10.3 Å². The van der Waals surface area contributed by atoms with Gasteiger partial charge in [-0.05, 0) is 37.9 Å². The van der Waals surface area contributed by atoms with Crippen molar-refractivity contribution in [2.24, 2.45) is 5.92 Å². The molecule has 1 aliphatic carbocycles. The molecule has 3 nitrogen and oxygen atoms in total. The van der Waals surface area contributed by atoms with Crippen molar-refractivity contribution >= 4 is 0 Å². The maximum absolute atomic E-state index is 5.54. The number of hydrogen-bond acceptors (Lipinski definition) is 3. The molecule has 3 heteroatoms. The Morgan fingerprint density at radius 3 is 2.79 bits per heavy atom. The van der Waals surface area contributed by atoms with Crippen molar-refractivity contribution in [2.75, 3.05) is 13.7 Å². The fraction of sp³-hybridized carbons (Fsp3) is 0.688. The van der Waals surface area contributed by atoms with Gasteiger partial charge in [0.05, 0.1) is 12.8 Å². The normalized spacial score (nSPS) is 18.2. The molecule has 0 spiro atoms. The molecule has 1 atom stereocenters. The molecule has 19 heavy (non-hydrogen) atoms. The predicted octanol–water partition coefficient (Wildman–Crippen LogP) is 3.71. The minimum Gasteiger partial charge on any atom is -0.492 e. The molecule has 106 valence electrons. The molecule has 1 saturated carbocycles. The molecule has 1 heterocycles. The van der Waals surface area contributed by atoms with E-state index in [9.17, 15) is 0 Å². The van der Waals surface area contributed by atoms with E-state index in [1.165, 1.54) is 44.1 Å². The Morgan fingerprint density at radius 2 is 2.11 bits per heavy atom. The molecule has 1 unspecified atom stereocenters. The first kappa shape index (κ1) is 14.3. The van der Waals surface area contributed by atoms with Gasteiger partial charge in [-0.3, -0.25) is 4.98 Å². The summed E-state index contributed by atoms with van der Waals surface area (Å²) in [5.74, 6) is 1.74. The van der Waals surface area contributed by atoms with Crippen LogP contribution in [0.3, 0.4) is 0 Å². The summed E-state index contributed by atoms with van der Waals surface area (Å²) in [5.41, 5.74) is 1.25. The third-order valence-electron chi connectivity index (χ3n) is 4.09. The molecule has 2 rings (SSSR count). The molecule has 0 bridgehead atoms. The highest BCUT2D eigenvalue weighted by atomic mass is 16.5. The fourth-order valence-electron chi connectivity index (χ4n) is 3.05. The van der Waals surface area contributed by atoms with E-state index < -0.39 is 0 Å². The lowest BCUT2D eigenvalue weighted by Gasteiger charge is -2.26. The average molecular weight is 262 g/mol. The standard InChI is InChI=1S/C16H26N2O/c1-3-19-15-10-14(11-18-12-15)16(17-2)9-13-7-5-4-6-8-13/h10-13,16-17H,3-9H2,1-2H3. The van der Waals surface area contributed by atoms with Gasteiger partial charge < -0.3 is 10.1 Å². The van der Waals surface area contributed by atoms with Crippen LogP contribution in [0.25, 0.3) is 0 Å². The highest BCUT2D eigenvalue weighted by molar-refractivity contribution is 5.26. The van der Waals surface area contributed by atoms with E-state index >= 15 is 0 Å². The average Bonchev–Trinajstić information content (AvgIpc) is 2.46. The third-order valence-corrected chi connectivity index (χ3v) is 4.09. The first-order valence-corrected chi connectivity index (χ1v) is 7.58. The molecule has 1 fully saturated rings. The van der Waals surface area contributed by atoms with Crippen LogP contribution in [-0.4, -0.2) is 18.6 Å².